The van der Waals surface area contributed by atoms with Crippen LogP contribution in [0.4, 0.5) is 0 Å². The highest BCUT2D eigenvalue weighted by atomic mass is 16.2. The molecule has 1 saturated carbocycles. The van der Waals surface area contributed by atoms with E-state index < -0.39 is 0 Å². The third kappa shape index (κ3) is 1.98. The van der Waals surface area contributed by atoms with Crippen LogP contribution in [0.15, 0.2) is 30.3 Å². The number of hydrogen-bond donors (Lipinski definition) is 0. The van der Waals surface area contributed by atoms with Crippen LogP contribution in [0.1, 0.15) is 46.1 Å². The summed E-state index contributed by atoms with van der Waals surface area (Å²) in [6.45, 7) is 10.1. The van der Waals surface area contributed by atoms with Crippen LogP contribution < -0.4 is 0 Å². The minimum Gasteiger partial charge on any atom is -0.343 e. The van der Waals surface area contributed by atoms with Gasteiger partial charge < -0.3 is 4.90 Å². The van der Waals surface area contributed by atoms with Crippen molar-refractivity contribution < 1.29 is 4.79 Å². The summed E-state index contributed by atoms with van der Waals surface area (Å²) < 4.78 is 0. The molecule has 1 amide bonds. The summed E-state index contributed by atoms with van der Waals surface area (Å²) in [5.41, 5.74) is 1.16. The van der Waals surface area contributed by atoms with Gasteiger partial charge in [0.15, 0.2) is 0 Å². The van der Waals surface area contributed by atoms with Crippen molar-refractivity contribution in [3.8, 4) is 0 Å². The van der Waals surface area contributed by atoms with Gasteiger partial charge in [0.1, 0.15) is 0 Å². The van der Waals surface area contributed by atoms with Gasteiger partial charge in [-0.25, -0.2) is 0 Å². The molecular formula is C17H25NO. The Bertz CT molecular complexity index is 452. The summed E-state index contributed by atoms with van der Waals surface area (Å²) in [6.07, 6.45) is 2.01. The zero-order chi connectivity index (χ0) is 14.1. The van der Waals surface area contributed by atoms with E-state index in [1.165, 1.54) is 5.56 Å². The summed E-state index contributed by atoms with van der Waals surface area (Å²) in [6, 6.07) is 10.5. The van der Waals surface area contributed by atoms with E-state index in [1.807, 2.05) is 11.0 Å². The van der Waals surface area contributed by atoms with E-state index >= 15 is 0 Å². The van der Waals surface area contributed by atoms with E-state index in [9.17, 15) is 4.79 Å². The van der Waals surface area contributed by atoms with Gasteiger partial charge in [-0.05, 0) is 39.2 Å². The van der Waals surface area contributed by atoms with Crippen LogP contribution >= 0.6 is 0 Å². The first kappa shape index (κ1) is 14.1. The molecule has 0 spiro atoms. The van der Waals surface area contributed by atoms with Gasteiger partial charge in [0, 0.05) is 18.5 Å². The van der Waals surface area contributed by atoms with Gasteiger partial charge in [0.05, 0.1) is 5.41 Å². The molecule has 2 atom stereocenters. The van der Waals surface area contributed by atoms with Crippen molar-refractivity contribution in [2.24, 2.45) is 5.41 Å². The molecule has 0 aromatic heterocycles. The average molecular weight is 259 g/mol. The van der Waals surface area contributed by atoms with E-state index in [-0.39, 0.29) is 10.8 Å². The van der Waals surface area contributed by atoms with E-state index in [2.05, 4.69) is 52.0 Å². The SMILES string of the molecule is CCN(CC)C(=O)[C@@]1(C)C[C@@]1(CC)c1ccccc1. The fourth-order valence-electron chi connectivity index (χ4n) is 3.60. The first-order valence-electron chi connectivity index (χ1n) is 7.40. The number of benzene rings is 1. The third-order valence-corrected chi connectivity index (χ3v) is 5.04. The van der Waals surface area contributed by atoms with Gasteiger partial charge in [-0.15, -0.1) is 0 Å². The Morgan fingerprint density at radius 1 is 1.16 bits per heavy atom. The standard InChI is InChI=1S/C17H25NO/c1-5-17(14-11-9-8-10-12-14)13-16(17,4)15(19)18(6-2)7-3/h8-12H,5-7,13H2,1-4H3/t16-,17+/m1/s1. The highest BCUT2D eigenvalue weighted by Crippen LogP contribution is 2.67. The van der Waals surface area contributed by atoms with Crippen LogP contribution in [-0.4, -0.2) is 23.9 Å². The molecule has 2 heteroatoms. The molecule has 0 unspecified atom stereocenters. The number of carbonyl (C=O) groups is 1. The Balaban J connectivity index is 2.31. The maximum atomic E-state index is 12.8. The molecule has 19 heavy (non-hydrogen) atoms. The Morgan fingerprint density at radius 2 is 1.74 bits per heavy atom. The molecule has 2 nitrogen and oxygen atoms in total. The van der Waals surface area contributed by atoms with Crippen LogP contribution in [0.25, 0.3) is 0 Å². The van der Waals surface area contributed by atoms with Crippen molar-refractivity contribution in [1.82, 2.24) is 4.90 Å². The molecular weight excluding hydrogens is 234 g/mol. The largest absolute Gasteiger partial charge is 0.343 e. The minimum absolute atomic E-state index is 0.0495. The van der Waals surface area contributed by atoms with Crippen molar-refractivity contribution >= 4 is 5.91 Å². The van der Waals surface area contributed by atoms with Crippen LogP contribution in [0.3, 0.4) is 0 Å². The first-order chi connectivity index (χ1) is 9.05. The van der Waals surface area contributed by atoms with E-state index in [4.69, 9.17) is 0 Å². The lowest BCUT2D eigenvalue weighted by Crippen LogP contribution is -2.39. The molecule has 1 fully saturated rings. The quantitative estimate of drug-likeness (QED) is 0.791. The van der Waals surface area contributed by atoms with Gasteiger partial charge in [-0.3, -0.25) is 4.79 Å². The molecule has 1 aromatic carbocycles. The summed E-state index contributed by atoms with van der Waals surface area (Å²) in [5.74, 6) is 0.322. The maximum absolute atomic E-state index is 12.8. The van der Waals surface area contributed by atoms with E-state index in [0.29, 0.717) is 5.91 Å². The fourth-order valence-corrected chi connectivity index (χ4v) is 3.60. The van der Waals surface area contributed by atoms with Crippen LogP contribution in [0.5, 0.6) is 0 Å². The number of hydrogen-bond acceptors (Lipinski definition) is 1. The van der Waals surface area contributed by atoms with Crippen molar-refractivity contribution in [1.29, 1.82) is 0 Å². The minimum atomic E-state index is -0.213. The fraction of sp³-hybridized carbons (Fsp3) is 0.588. The summed E-state index contributed by atoms with van der Waals surface area (Å²) >= 11 is 0. The molecule has 0 heterocycles. The maximum Gasteiger partial charge on any atom is 0.229 e. The molecule has 0 N–H and O–H groups in total. The Hall–Kier alpha value is -1.31. The summed E-state index contributed by atoms with van der Waals surface area (Å²) in [4.78, 5) is 14.7. The second-order valence-corrected chi connectivity index (χ2v) is 5.79. The first-order valence-corrected chi connectivity index (χ1v) is 7.40. The van der Waals surface area contributed by atoms with Gasteiger partial charge in [-0.1, -0.05) is 37.3 Å². The van der Waals surface area contributed by atoms with Crippen molar-refractivity contribution in [3.63, 3.8) is 0 Å². The monoisotopic (exact) mass is 259 g/mol. The zero-order valence-electron chi connectivity index (χ0n) is 12.6. The molecule has 0 bridgehead atoms. The highest BCUT2D eigenvalue weighted by molar-refractivity contribution is 5.88. The number of nitrogens with zero attached hydrogens (tertiary/aromatic N) is 1. The second-order valence-electron chi connectivity index (χ2n) is 5.79. The molecule has 1 aromatic rings. The number of rotatable bonds is 5. The van der Waals surface area contributed by atoms with E-state index in [1.54, 1.807) is 0 Å². The Labute approximate surface area is 116 Å². The van der Waals surface area contributed by atoms with Crippen LogP contribution in [0, 0.1) is 5.41 Å². The normalized spacial score (nSPS) is 29.1. The molecule has 0 saturated heterocycles. The van der Waals surface area contributed by atoms with Gasteiger partial charge in [0.25, 0.3) is 0 Å². The van der Waals surface area contributed by atoms with Crippen LogP contribution in [0.2, 0.25) is 0 Å². The lowest BCUT2D eigenvalue weighted by Gasteiger charge is -2.27. The topological polar surface area (TPSA) is 20.3 Å². The van der Waals surface area contributed by atoms with Gasteiger partial charge >= 0.3 is 0 Å². The van der Waals surface area contributed by atoms with Gasteiger partial charge in [-0.2, -0.15) is 0 Å². The molecule has 0 aliphatic heterocycles. The predicted octanol–water partition coefficient (Wildman–Crippen LogP) is 3.61. The second kappa shape index (κ2) is 4.99. The predicted molar refractivity (Wildman–Crippen MR) is 79.1 cm³/mol. The summed E-state index contributed by atoms with van der Waals surface area (Å²) in [5, 5.41) is 0. The third-order valence-electron chi connectivity index (χ3n) is 5.04. The van der Waals surface area contributed by atoms with Crippen molar-refractivity contribution in [3.05, 3.63) is 35.9 Å². The average Bonchev–Trinajstić information content (AvgIpc) is 3.09. The smallest absolute Gasteiger partial charge is 0.229 e. The summed E-state index contributed by atoms with van der Waals surface area (Å²) in [7, 11) is 0. The molecule has 1 aliphatic carbocycles. The van der Waals surface area contributed by atoms with E-state index in [0.717, 1.165) is 25.9 Å². The number of amides is 1. The molecule has 2 rings (SSSR count). The number of carbonyl (C=O) groups excluding carboxylic acids is 1. The highest BCUT2D eigenvalue weighted by Gasteiger charge is 2.68. The molecule has 1 aliphatic rings. The lowest BCUT2D eigenvalue weighted by molar-refractivity contribution is -0.136. The Kier molecular flexibility index (Phi) is 3.71. The van der Waals surface area contributed by atoms with Crippen molar-refractivity contribution in [2.75, 3.05) is 13.1 Å². The molecule has 104 valence electrons. The van der Waals surface area contributed by atoms with Crippen LogP contribution in [-0.2, 0) is 10.2 Å². The molecule has 0 radical (unpaired) electrons. The zero-order valence-corrected chi connectivity index (χ0v) is 12.6. The van der Waals surface area contributed by atoms with Gasteiger partial charge in [0.2, 0.25) is 5.91 Å². The Morgan fingerprint density at radius 3 is 2.21 bits per heavy atom. The van der Waals surface area contributed by atoms with Crippen molar-refractivity contribution in [2.45, 2.75) is 46.0 Å². The lowest BCUT2D eigenvalue weighted by atomic mass is 9.84.